The van der Waals surface area contributed by atoms with E-state index in [-0.39, 0.29) is 24.8 Å². The molecular formula is C28H58Cl2N2. The topological polar surface area (TPSA) is 0 Å². The van der Waals surface area contributed by atoms with Gasteiger partial charge in [-0.05, 0) is 37.5 Å². The summed E-state index contributed by atoms with van der Waals surface area (Å²) in [5.41, 5.74) is 0. The van der Waals surface area contributed by atoms with Gasteiger partial charge < -0.3 is 33.8 Å². The molecular weight excluding hydrogens is 435 g/mol. The predicted octanol–water partition coefficient (Wildman–Crippen LogP) is 1.43. The summed E-state index contributed by atoms with van der Waals surface area (Å²) in [5, 5.41) is 0. The van der Waals surface area contributed by atoms with Crippen molar-refractivity contribution in [2.75, 3.05) is 54.4 Å². The van der Waals surface area contributed by atoms with Crippen LogP contribution in [0.1, 0.15) is 117 Å². The van der Waals surface area contributed by atoms with Gasteiger partial charge in [-0.1, -0.05) is 90.9 Å². The second-order valence-corrected chi connectivity index (χ2v) is 10.9. The molecule has 0 heterocycles. The van der Waals surface area contributed by atoms with Gasteiger partial charge in [-0.15, -0.1) is 0 Å². The highest BCUT2D eigenvalue weighted by molar-refractivity contribution is 4.99. The minimum Gasteiger partial charge on any atom is -1.00 e. The van der Waals surface area contributed by atoms with E-state index in [0.717, 1.165) is 22.1 Å². The molecule has 32 heavy (non-hydrogen) atoms. The van der Waals surface area contributed by atoms with Gasteiger partial charge in [-0.25, -0.2) is 0 Å². The average molecular weight is 494 g/mol. The van der Waals surface area contributed by atoms with Crippen molar-refractivity contribution in [3.63, 3.8) is 0 Å². The molecule has 0 aromatic heterocycles. The van der Waals surface area contributed by atoms with Crippen LogP contribution < -0.4 is 24.8 Å². The van der Waals surface area contributed by atoms with Crippen LogP contribution in [0.2, 0.25) is 0 Å². The van der Waals surface area contributed by atoms with Crippen molar-refractivity contribution in [1.82, 2.24) is 0 Å². The standard InChI is InChI=1S/C28H58N2.2ClH/c1-7-9-11-13-15-17-19-21-25-29(3,4)27-23-24-28-30(5,6)26-22-20-18-16-14-12-10-8-2;;/h7-22,25-28H2,1-6H3;2*1H/q+2;;/p-2. The minimum absolute atomic E-state index is 0. The molecule has 0 aliphatic carbocycles. The lowest BCUT2D eigenvalue weighted by molar-refractivity contribution is -0.885. The zero-order chi connectivity index (χ0) is 22.6. The number of rotatable bonds is 20. The first-order chi connectivity index (χ1) is 14.3. The van der Waals surface area contributed by atoms with E-state index in [2.05, 4.69) is 53.9 Å². The van der Waals surface area contributed by atoms with Gasteiger partial charge in [0.1, 0.15) is 13.1 Å². The lowest BCUT2D eigenvalue weighted by Crippen LogP contribution is -3.00. The molecule has 0 N–H and O–H groups in total. The highest BCUT2D eigenvalue weighted by Crippen LogP contribution is 2.11. The first-order valence-corrected chi connectivity index (χ1v) is 13.4. The normalized spacial score (nSPS) is 11.3. The Balaban J connectivity index is -0.00000420. The zero-order valence-corrected chi connectivity index (χ0v) is 24.3. The van der Waals surface area contributed by atoms with Crippen LogP contribution in [-0.2, 0) is 0 Å². The third kappa shape index (κ3) is 26.3. The monoisotopic (exact) mass is 492 g/mol. The predicted molar refractivity (Wildman–Crippen MR) is 137 cm³/mol. The number of quaternary nitrogens is 2. The molecule has 0 aromatic carbocycles. The van der Waals surface area contributed by atoms with Gasteiger partial charge >= 0.3 is 0 Å². The van der Waals surface area contributed by atoms with Gasteiger partial charge in [0.05, 0.1) is 41.3 Å². The Kier molecular flexibility index (Phi) is 27.7. The molecule has 4 heteroatoms. The van der Waals surface area contributed by atoms with Crippen molar-refractivity contribution in [3.8, 4) is 11.8 Å². The van der Waals surface area contributed by atoms with Gasteiger partial charge in [-0.2, -0.15) is 0 Å². The fraction of sp³-hybridized carbons (Fsp3) is 0.929. The molecule has 0 aliphatic rings. The Bertz CT molecular complexity index is 400. The quantitative estimate of drug-likeness (QED) is 0.137. The third-order valence-electron chi connectivity index (χ3n) is 6.37. The molecule has 0 aliphatic heterocycles. The van der Waals surface area contributed by atoms with E-state index in [9.17, 15) is 0 Å². The van der Waals surface area contributed by atoms with Gasteiger partial charge in [0.25, 0.3) is 0 Å². The number of hydrogen-bond acceptors (Lipinski definition) is 0. The number of unbranched alkanes of at least 4 members (excludes halogenated alkanes) is 14. The summed E-state index contributed by atoms with van der Waals surface area (Å²) in [6, 6.07) is 0. The Hall–Kier alpha value is 0.0600. The molecule has 0 radical (unpaired) electrons. The number of halogens is 2. The maximum absolute atomic E-state index is 3.49. The Labute approximate surface area is 216 Å². The Morgan fingerprint density at radius 3 is 0.938 bits per heavy atom. The van der Waals surface area contributed by atoms with E-state index in [1.165, 1.54) is 116 Å². The first-order valence-electron chi connectivity index (χ1n) is 13.4. The van der Waals surface area contributed by atoms with Gasteiger partial charge in [0.15, 0.2) is 0 Å². The van der Waals surface area contributed by atoms with Crippen LogP contribution in [0.15, 0.2) is 0 Å². The van der Waals surface area contributed by atoms with Crippen LogP contribution in [0.25, 0.3) is 0 Å². The third-order valence-corrected chi connectivity index (χ3v) is 6.37. The molecule has 0 unspecified atom stereocenters. The molecule has 0 bridgehead atoms. The Morgan fingerprint density at radius 1 is 0.406 bits per heavy atom. The van der Waals surface area contributed by atoms with E-state index in [0.29, 0.717) is 0 Å². The van der Waals surface area contributed by atoms with Crippen molar-refractivity contribution in [2.24, 2.45) is 0 Å². The highest BCUT2D eigenvalue weighted by Gasteiger charge is 2.14. The molecule has 0 atom stereocenters. The number of hydrogen-bond donors (Lipinski definition) is 0. The molecule has 0 rings (SSSR count). The molecule has 0 saturated heterocycles. The molecule has 0 saturated carbocycles. The fourth-order valence-electron chi connectivity index (χ4n) is 4.05. The fourth-order valence-corrected chi connectivity index (χ4v) is 4.05. The summed E-state index contributed by atoms with van der Waals surface area (Å²) in [7, 11) is 9.37. The van der Waals surface area contributed by atoms with E-state index >= 15 is 0 Å². The van der Waals surface area contributed by atoms with Crippen LogP contribution in [0.5, 0.6) is 0 Å². The summed E-state index contributed by atoms with van der Waals surface area (Å²) < 4.78 is 2.10. The van der Waals surface area contributed by atoms with Crippen LogP contribution >= 0.6 is 0 Å². The van der Waals surface area contributed by atoms with E-state index in [1.54, 1.807) is 0 Å². The Morgan fingerprint density at radius 2 is 0.656 bits per heavy atom. The largest absolute Gasteiger partial charge is 1.00 e. The maximum Gasteiger partial charge on any atom is 0.140 e. The average Bonchev–Trinajstić information content (AvgIpc) is 2.69. The van der Waals surface area contributed by atoms with E-state index in [1.807, 2.05) is 0 Å². The second kappa shape index (κ2) is 24.2. The van der Waals surface area contributed by atoms with Crippen LogP contribution in [0, 0.1) is 11.8 Å². The van der Waals surface area contributed by atoms with Crippen LogP contribution in [-0.4, -0.2) is 63.3 Å². The van der Waals surface area contributed by atoms with Gasteiger partial charge in [-0.3, -0.25) is 0 Å². The lowest BCUT2D eigenvalue weighted by Gasteiger charge is -2.28. The summed E-state index contributed by atoms with van der Waals surface area (Å²) >= 11 is 0. The van der Waals surface area contributed by atoms with Crippen LogP contribution in [0.3, 0.4) is 0 Å². The smallest absolute Gasteiger partial charge is 0.140 e. The summed E-state index contributed by atoms with van der Waals surface area (Å²) in [4.78, 5) is 0. The second-order valence-electron chi connectivity index (χ2n) is 10.9. The molecule has 2 nitrogen and oxygen atoms in total. The summed E-state index contributed by atoms with van der Waals surface area (Å²) in [6.45, 7) is 9.10. The van der Waals surface area contributed by atoms with Crippen molar-refractivity contribution < 1.29 is 33.8 Å². The zero-order valence-electron chi connectivity index (χ0n) is 22.8. The highest BCUT2D eigenvalue weighted by atomic mass is 35.5. The SMILES string of the molecule is CCCCCCCCCC[N+](C)(C)CC#CC[N+](C)(C)CCCCCCCCCC.[Cl-].[Cl-]. The van der Waals surface area contributed by atoms with Crippen molar-refractivity contribution in [2.45, 2.75) is 117 Å². The van der Waals surface area contributed by atoms with Crippen molar-refractivity contribution in [1.29, 1.82) is 0 Å². The van der Waals surface area contributed by atoms with E-state index in [4.69, 9.17) is 0 Å². The summed E-state index contributed by atoms with van der Waals surface area (Å²) in [5.74, 6) is 6.99. The number of nitrogens with zero attached hydrogens (tertiary/aromatic N) is 2. The van der Waals surface area contributed by atoms with Crippen molar-refractivity contribution in [3.05, 3.63) is 0 Å². The minimum atomic E-state index is 0. The lowest BCUT2D eigenvalue weighted by atomic mass is 10.1. The van der Waals surface area contributed by atoms with Gasteiger partial charge in [0, 0.05) is 0 Å². The van der Waals surface area contributed by atoms with Crippen molar-refractivity contribution >= 4 is 0 Å². The molecule has 194 valence electrons. The molecule has 0 aromatic rings. The molecule has 0 fully saturated rings. The summed E-state index contributed by atoms with van der Waals surface area (Å²) in [6.07, 6.45) is 22.4. The molecule has 0 spiro atoms. The first kappa shape index (κ1) is 36.6. The van der Waals surface area contributed by atoms with Gasteiger partial charge in [0.2, 0.25) is 0 Å². The van der Waals surface area contributed by atoms with Crippen LogP contribution in [0.4, 0.5) is 0 Å². The maximum atomic E-state index is 3.49. The molecule has 0 amide bonds. The van der Waals surface area contributed by atoms with E-state index < -0.39 is 0 Å².